The second-order valence-corrected chi connectivity index (χ2v) is 8.24. The summed E-state index contributed by atoms with van der Waals surface area (Å²) in [5.41, 5.74) is 4.13. The van der Waals surface area contributed by atoms with E-state index < -0.39 is 15.9 Å². The number of hydrogen-bond donors (Lipinski definition) is 1. The highest BCUT2D eigenvalue weighted by Gasteiger charge is 2.21. The van der Waals surface area contributed by atoms with Crippen LogP contribution >= 0.6 is 23.2 Å². The molecule has 0 spiro atoms. The van der Waals surface area contributed by atoms with Crippen molar-refractivity contribution in [3.05, 3.63) is 63.6 Å². The van der Waals surface area contributed by atoms with Crippen molar-refractivity contribution in [1.82, 2.24) is 5.43 Å². The van der Waals surface area contributed by atoms with Crippen LogP contribution in [0.15, 0.2) is 47.6 Å². The van der Waals surface area contributed by atoms with Gasteiger partial charge in [0.15, 0.2) is 0 Å². The van der Waals surface area contributed by atoms with Gasteiger partial charge in [-0.1, -0.05) is 47.5 Å². The van der Waals surface area contributed by atoms with Gasteiger partial charge in [-0.25, -0.2) is 13.8 Å². The highest BCUT2D eigenvalue weighted by molar-refractivity contribution is 7.92. The molecule has 0 unspecified atom stereocenters. The maximum atomic E-state index is 12.1. The Bertz CT molecular complexity index is 946. The number of carbonyl (C=O) groups excluding carboxylic acids is 1. The lowest BCUT2D eigenvalue weighted by Crippen LogP contribution is -2.39. The Morgan fingerprint density at radius 1 is 1.19 bits per heavy atom. The van der Waals surface area contributed by atoms with Gasteiger partial charge >= 0.3 is 0 Å². The molecule has 0 saturated carbocycles. The highest BCUT2D eigenvalue weighted by Crippen LogP contribution is 2.22. The van der Waals surface area contributed by atoms with Gasteiger partial charge in [-0.15, -0.1) is 0 Å². The Hall–Kier alpha value is -2.09. The standard InChI is InChI=1S/C17H17Cl2N3O3S/c1-12-5-3-4-6-16(12)22(26(2,24)25)11-17(23)21-20-10-13-7-8-14(18)15(19)9-13/h3-10H,11H2,1-2H3,(H,21,23)/b20-10-. The number of benzene rings is 2. The maximum absolute atomic E-state index is 12.1. The summed E-state index contributed by atoms with van der Waals surface area (Å²) in [5, 5.41) is 4.59. The van der Waals surface area contributed by atoms with Crippen LogP contribution in [0.1, 0.15) is 11.1 Å². The van der Waals surface area contributed by atoms with Crippen molar-refractivity contribution < 1.29 is 13.2 Å². The van der Waals surface area contributed by atoms with Crippen LogP contribution in [0.3, 0.4) is 0 Å². The average Bonchev–Trinajstić information content (AvgIpc) is 2.56. The summed E-state index contributed by atoms with van der Waals surface area (Å²) >= 11 is 11.7. The van der Waals surface area contributed by atoms with Gasteiger partial charge in [-0.05, 0) is 36.2 Å². The summed E-state index contributed by atoms with van der Waals surface area (Å²) in [6.07, 6.45) is 2.43. The number of sulfonamides is 1. The van der Waals surface area contributed by atoms with E-state index in [1.807, 2.05) is 0 Å². The molecule has 1 amide bonds. The number of nitrogens with zero attached hydrogens (tertiary/aromatic N) is 2. The number of para-hydroxylation sites is 1. The number of hydrazone groups is 1. The topological polar surface area (TPSA) is 78.8 Å². The Balaban J connectivity index is 2.09. The van der Waals surface area contributed by atoms with Gasteiger partial charge < -0.3 is 0 Å². The molecule has 138 valence electrons. The molecule has 0 heterocycles. The lowest BCUT2D eigenvalue weighted by Gasteiger charge is -2.23. The summed E-state index contributed by atoms with van der Waals surface area (Å²) in [6.45, 7) is 1.39. The number of carbonyl (C=O) groups is 1. The van der Waals surface area contributed by atoms with E-state index in [2.05, 4.69) is 10.5 Å². The lowest BCUT2D eigenvalue weighted by molar-refractivity contribution is -0.119. The van der Waals surface area contributed by atoms with Crippen LogP contribution in [-0.4, -0.2) is 33.3 Å². The molecule has 0 bridgehead atoms. The fraction of sp³-hybridized carbons (Fsp3) is 0.176. The fourth-order valence-electron chi connectivity index (χ4n) is 2.16. The minimum Gasteiger partial charge on any atom is -0.271 e. The molecular formula is C17H17Cl2N3O3S. The van der Waals surface area contributed by atoms with Crippen molar-refractivity contribution in [3.8, 4) is 0 Å². The first-order valence-electron chi connectivity index (χ1n) is 7.49. The van der Waals surface area contributed by atoms with E-state index in [1.165, 1.54) is 6.21 Å². The Labute approximate surface area is 162 Å². The molecule has 0 aliphatic heterocycles. The molecule has 26 heavy (non-hydrogen) atoms. The maximum Gasteiger partial charge on any atom is 0.260 e. The molecule has 0 aliphatic carbocycles. The Kier molecular flexibility index (Phi) is 6.63. The second kappa shape index (κ2) is 8.53. The molecular weight excluding hydrogens is 397 g/mol. The number of nitrogens with one attached hydrogen (secondary N) is 1. The minimum absolute atomic E-state index is 0.366. The van der Waals surface area contributed by atoms with Crippen LogP contribution in [0.25, 0.3) is 0 Å². The quantitative estimate of drug-likeness (QED) is 0.583. The minimum atomic E-state index is -3.63. The van der Waals surface area contributed by atoms with Gasteiger partial charge in [0, 0.05) is 0 Å². The number of aryl methyl sites for hydroxylation is 1. The highest BCUT2D eigenvalue weighted by atomic mass is 35.5. The fourth-order valence-corrected chi connectivity index (χ4v) is 3.38. The van der Waals surface area contributed by atoms with Gasteiger partial charge in [0.1, 0.15) is 6.54 Å². The molecule has 2 aromatic carbocycles. The number of rotatable bonds is 6. The van der Waals surface area contributed by atoms with Gasteiger partial charge in [-0.3, -0.25) is 9.10 Å². The van der Waals surface area contributed by atoms with Gasteiger partial charge in [0.25, 0.3) is 5.91 Å². The Morgan fingerprint density at radius 2 is 1.88 bits per heavy atom. The molecule has 9 heteroatoms. The van der Waals surface area contributed by atoms with E-state index in [0.29, 0.717) is 21.3 Å². The summed E-state index contributed by atoms with van der Waals surface area (Å²) in [4.78, 5) is 12.1. The normalized spacial score (nSPS) is 11.5. The van der Waals surface area contributed by atoms with E-state index in [1.54, 1.807) is 49.4 Å². The van der Waals surface area contributed by atoms with E-state index in [-0.39, 0.29) is 6.54 Å². The number of anilines is 1. The van der Waals surface area contributed by atoms with Crippen molar-refractivity contribution in [2.24, 2.45) is 5.10 Å². The monoisotopic (exact) mass is 413 g/mol. The summed E-state index contributed by atoms with van der Waals surface area (Å²) < 4.78 is 25.2. The van der Waals surface area contributed by atoms with E-state index in [4.69, 9.17) is 23.2 Å². The predicted molar refractivity (Wildman–Crippen MR) is 106 cm³/mol. The molecule has 0 aromatic heterocycles. The van der Waals surface area contributed by atoms with Crippen LogP contribution < -0.4 is 9.73 Å². The molecule has 0 radical (unpaired) electrons. The lowest BCUT2D eigenvalue weighted by atomic mass is 10.2. The predicted octanol–water partition coefficient (Wildman–Crippen LogP) is 3.22. The van der Waals surface area contributed by atoms with Crippen LogP contribution in [0.5, 0.6) is 0 Å². The summed E-state index contributed by atoms with van der Waals surface area (Å²) in [6, 6.07) is 11.8. The first kappa shape index (κ1) is 20.2. The van der Waals surface area contributed by atoms with Crippen molar-refractivity contribution in [1.29, 1.82) is 0 Å². The molecule has 0 atom stereocenters. The van der Waals surface area contributed by atoms with E-state index >= 15 is 0 Å². The van der Waals surface area contributed by atoms with Crippen LogP contribution in [0.4, 0.5) is 5.69 Å². The van der Waals surface area contributed by atoms with Crippen molar-refractivity contribution >= 4 is 51.0 Å². The molecule has 1 N–H and O–H groups in total. The first-order chi connectivity index (χ1) is 12.2. The zero-order valence-corrected chi connectivity index (χ0v) is 16.4. The zero-order chi connectivity index (χ0) is 19.3. The van der Waals surface area contributed by atoms with Gasteiger partial charge in [0.2, 0.25) is 10.0 Å². The average molecular weight is 414 g/mol. The number of hydrogen-bond acceptors (Lipinski definition) is 4. The smallest absolute Gasteiger partial charge is 0.260 e. The van der Waals surface area contributed by atoms with Crippen molar-refractivity contribution in [3.63, 3.8) is 0 Å². The molecule has 2 rings (SSSR count). The second-order valence-electron chi connectivity index (χ2n) is 5.52. The third kappa shape index (κ3) is 5.45. The SMILES string of the molecule is Cc1ccccc1N(CC(=O)N/N=C\c1ccc(Cl)c(Cl)c1)S(C)(=O)=O. The molecule has 0 saturated heterocycles. The van der Waals surface area contributed by atoms with Crippen LogP contribution in [0, 0.1) is 6.92 Å². The van der Waals surface area contributed by atoms with Crippen LogP contribution in [-0.2, 0) is 14.8 Å². The van der Waals surface area contributed by atoms with E-state index in [9.17, 15) is 13.2 Å². The number of halogens is 2. The number of amides is 1. The van der Waals surface area contributed by atoms with Crippen LogP contribution in [0.2, 0.25) is 10.0 Å². The first-order valence-corrected chi connectivity index (χ1v) is 10.1. The van der Waals surface area contributed by atoms with E-state index in [0.717, 1.165) is 16.1 Å². The molecule has 6 nitrogen and oxygen atoms in total. The molecule has 0 aliphatic rings. The Morgan fingerprint density at radius 3 is 2.50 bits per heavy atom. The summed E-state index contributed by atoms with van der Waals surface area (Å²) in [7, 11) is -3.63. The summed E-state index contributed by atoms with van der Waals surface area (Å²) in [5.74, 6) is -0.574. The third-order valence-electron chi connectivity index (χ3n) is 3.42. The van der Waals surface area contributed by atoms with Gasteiger partial charge in [-0.2, -0.15) is 5.10 Å². The largest absolute Gasteiger partial charge is 0.271 e. The van der Waals surface area contributed by atoms with Crippen molar-refractivity contribution in [2.45, 2.75) is 6.92 Å². The molecule has 2 aromatic rings. The third-order valence-corrected chi connectivity index (χ3v) is 5.28. The molecule has 0 fully saturated rings. The van der Waals surface area contributed by atoms with Gasteiger partial charge in [0.05, 0.1) is 28.2 Å². The zero-order valence-electron chi connectivity index (χ0n) is 14.1. The van der Waals surface area contributed by atoms with Crippen molar-refractivity contribution in [2.75, 3.05) is 17.1 Å².